The second-order valence-electron chi connectivity index (χ2n) is 7.37. The van der Waals surface area contributed by atoms with Crippen LogP contribution in [0.5, 0.6) is 0 Å². The van der Waals surface area contributed by atoms with Crippen molar-refractivity contribution in [3.8, 4) is 0 Å². The summed E-state index contributed by atoms with van der Waals surface area (Å²) in [6.07, 6.45) is 4.22. The molecule has 0 fully saturated rings. The molecule has 33 heavy (non-hydrogen) atoms. The van der Waals surface area contributed by atoms with E-state index in [4.69, 9.17) is 5.73 Å². The summed E-state index contributed by atoms with van der Waals surface area (Å²) < 4.78 is 0. The number of thiol groups is 1. The van der Waals surface area contributed by atoms with Crippen LogP contribution < -0.4 is 21.7 Å². The summed E-state index contributed by atoms with van der Waals surface area (Å²) in [5, 5.41) is 17.5. The molecule has 3 amide bonds. The first kappa shape index (κ1) is 26.6. The van der Waals surface area contributed by atoms with E-state index in [0.717, 1.165) is 16.5 Å². The van der Waals surface area contributed by atoms with E-state index < -0.39 is 41.8 Å². The van der Waals surface area contributed by atoms with Gasteiger partial charge in [-0.15, -0.1) is 0 Å². The van der Waals surface area contributed by atoms with E-state index in [2.05, 4.69) is 33.6 Å². The number of hydrogen-bond donors (Lipinski definition) is 7. The molecule has 3 atom stereocenters. The smallest absolute Gasteiger partial charge is 0.327 e. The highest BCUT2D eigenvalue weighted by atomic mass is 32.2. The predicted molar refractivity (Wildman–Crippen MR) is 131 cm³/mol. The molecule has 12 heteroatoms. The summed E-state index contributed by atoms with van der Waals surface area (Å²) in [4.78, 5) is 51.8. The number of carboxylic acids is 1. The predicted octanol–water partition coefficient (Wildman–Crippen LogP) is -0.109. The van der Waals surface area contributed by atoms with Crippen molar-refractivity contribution in [3.05, 3.63) is 36.0 Å². The van der Waals surface area contributed by atoms with Gasteiger partial charge in [-0.25, -0.2) is 4.79 Å². The Bertz CT molecular complexity index is 983. The third-order valence-corrected chi connectivity index (χ3v) is 5.95. The first-order valence-electron chi connectivity index (χ1n) is 10.3. The number of nitrogens with one attached hydrogen (secondary N) is 4. The number of thioether (sulfide) groups is 1. The fourth-order valence-corrected chi connectivity index (χ4v) is 3.84. The molecule has 2 rings (SSSR count). The molecule has 0 aliphatic rings. The van der Waals surface area contributed by atoms with Crippen molar-refractivity contribution < 1.29 is 24.3 Å². The van der Waals surface area contributed by atoms with Gasteiger partial charge in [-0.05, 0) is 30.1 Å². The van der Waals surface area contributed by atoms with E-state index in [1.807, 2.05) is 30.5 Å². The van der Waals surface area contributed by atoms with Gasteiger partial charge in [-0.1, -0.05) is 18.2 Å². The van der Waals surface area contributed by atoms with Crippen LogP contribution in [0.25, 0.3) is 10.9 Å². The number of para-hydroxylation sites is 1. The van der Waals surface area contributed by atoms with Crippen LogP contribution in [0.15, 0.2) is 30.5 Å². The zero-order valence-electron chi connectivity index (χ0n) is 18.2. The number of rotatable bonds is 13. The Balaban J connectivity index is 2.09. The highest BCUT2D eigenvalue weighted by Crippen LogP contribution is 2.19. The number of carboxylic acid groups (broad SMARTS) is 1. The third-order valence-electron chi connectivity index (χ3n) is 4.94. The largest absolute Gasteiger partial charge is 0.480 e. The van der Waals surface area contributed by atoms with Crippen LogP contribution in [0, 0.1) is 0 Å². The van der Waals surface area contributed by atoms with Gasteiger partial charge in [0.25, 0.3) is 0 Å². The molecule has 0 saturated carbocycles. The lowest BCUT2D eigenvalue weighted by atomic mass is 10.0. The number of aromatic amines is 1. The summed E-state index contributed by atoms with van der Waals surface area (Å²) in [5.74, 6) is -2.36. The van der Waals surface area contributed by atoms with Crippen LogP contribution >= 0.6 is 24.4 Å². The van der Waals surface area contributed by atoms with Crippen molar-refractivity contribution in [3.63, 3.8) is 0 Å². The number of carbonyl (C=O) groups excluding carboxylic acids is 3. The van der Waals surface area contributed by atoms with Crippen LogP contribution in [-0.4, -0.2) is 76.2 Å². The number of hydrogen-bond acceptors (Lipinski definition) is 7. The molecule has 180 valence electrons. The molecule has 0 spiro atoms. The highest BCUT2D eigenvalue weighted by molar-refractivity contribution is 7.98. The summed E-state index contributed by atoms with van der Waals surface area (Å²) in [5.41, 5.74) is 7.43. The first-order valence-corrected chi connectivity index (χ1v) is 12.3. The summed E-state index contributed by atoms with van der Waals surface area (Å²) in [6.45, 7) is -0.363. The van der Waals surface area contributed by atoms with Crippen molar-refractivity contribution in [1.29, 1.82) is 0 Å². The summed E-state index contributed by atoms with van der Waals surface area (Å²) in [7, 11) is 0. The number of carbonyl (C=O) groups is 4. The molecule has 1 aromatic carbocycles. The minimum Gasteiger partial charge on any atom is -0.480 e. The lowest BCUT2D eigenvalue weighted by Gasteiger charge is -2.21. The Hall–Kier alpha value is -2.70. The van der Waals surface area contributed by atoms with Gasteiger partial charge in [-0.2, -0.15) is 24.4 Å². The van der Waals surface area contributed by atoms with Crippen molar-refractivity contribution in [2.75, 3.05) is 24.3 Å². The van der Waals surface area contributed by atoms with Gasteiger partial charge in [0, 0.05) is 29.3 Å². The molecule has 0 aliphatic heterocycles. The van der Waals surface area contributed by atoms with E-state index in [1.54, 1.807) is 18.0 Å². The van der Waals surface area contributed by atoms with E-state index in [0.29, 0.717) is 12.2 Å². The molecule has 0 saturated heterocycles. The lowest BCUT2D eigenvalue weighted by molar-refractivity contribution is -0.141. The van der Waals surface area contributed by atoms with Gasteiger partial charge in [0.15, 0.2) is 0 Å². The van der Waals surface area contributed by atoms with Crippen LogP contribution in [0.3, 0.4) is 0 Å². The zero-order valence-corrected chi connectivity index (χ0v) is 19.9. The van der Waals surface area contributed by atoms with Crippen LogP contribution in [0.4, 0.5) is 0 Å². The molecule has 3 unspecified atom stereocenters. The molecule has 7 N–H and O–H groups in total. The fourth-order valence-electron chi connectivity index (χ4n) is 3.11. The van der Waals surface area contributed by atoms with Gasteiger partial charge in [0.1, 0.15) is 12.1 Å². The number of aromatic nitrogens is 1. The van der Waals surface area contributed by atoms with Gasteiger partial charge in [0.2, 0.25) is 17.7 Å². The monoisotopic (exact) mass is 495 g/mol. The van der Waals surface area contributed by atoms with Crippen molar-refractivity contribution in [2.45, 2.75) is 31.0 Å². The number of aliphatic carboxylic acids is 1. The summed E-state index contributed by atoms with van der Waals surface area (Å²) >= 11 is 5.52. The molecule has 1 aromatic heterocycles. The minimum absolute atomic E-state index is 0.112. The normalized spacial score (nSPS) is 13.7. The van der Waals surface area contributed by atoms with Crippen molar-refractivity contribution >= 4 is 59.0 Å². The standard InChI is InChI=1S/C21H29N5O5S2/c1-33-7-6-14(22)19(28)24-10-18(27)25-16(20(29)26-17(11-32)21(30)31)8-12-9-23-15-5-3-2-4-13(12)15/h2-5,9,14,16-17,23,32H,6-8,10-11,22H2,1H3,(H,24,28)(H,25,27)(H,26,29)(H,30,31). The summed E-state index contributed by atoms with van der Waals surface area (Å²) in [6, 6.07) is 4.46. The van der Waals surface area contributed by atoms with Crippen molar-refractivity contribution in [2.24, 2.45) is 5.73 Å². The maximum atomic E-state index is 12.8. The maximum Gasteiger partial charge on any atom is 0.327 e. The van der Waals surface area contributed by atoms with E-state index in [1.165, 1.54) is 0 Å². The van der Waals surface area contributed by atoms with E-state index in [9.17, 15) is 24.3 Å². The fraction of sp³-hybridized carbons (Fsp3) is 0.429. The highest BCUT2D eigenvalue weighted by Gasteiger charge is 2.27. The number of fused-ring (bicyclic) bond motifs is 1. The number of amides is 3. The molecule has 0 bridgehead atoms. The lowest BCUT2D eigenvalue weighted by Crippen LogP contribution is -2.54. The zero-order chi connectivity index (χ0) is 24.4. The molecule has 2 aromatic rings. The molecule has 0 aliphatic carbocycles. The Kier molecular flexibility index (Phi) is 10.6. The third kappa shape index (κ3) is 7.98. The van der Waals surface area contributed by atoms with E-state index >= 15 is 0 Å². The topological polar surface area (TPSA) is 166 Å². The van der Waals surface area contributed by atoms with E-state index in [-0.39, 0.29) is 18.7 Å². The molecule has 0 radical (unpaired) electrons. The average Bonchev–Trinajstić information content (AvgIpc) is 3.21. The van der Waals surface area contributed by atoms with Crippen LogP contribution in [0.1, 0.15) is 12.0 Å². The van der Waals surface area contributed by atoms with Gasteiger partial charge >= 0.3 is 5.97 Å². The second-order valence-corrected chi connectivity index (χ2v) is 8.72. The average molecular weight is 496 g/mol. The van der Waals surface area contributed by atoms with Crippen LogP contribution in [0.2, 0.25) is 0 Å². The Labute approximate surface area is 201 Å². The van der Waals surface area contributed by atoms with Crippen molar-refractivity contribution in [1.82, 2.24) is 20.9 Å². The number of benzene rings is 1. The molecule has 10 nitrogen and oxygen atoms in total. The van der Waals surface area contributed by atoms with Crippen LogP contribution in [-0.2, 0) is 25.6 Å². The number of nitrogens with two attached hydrogens (primary N) is 1. The Morgan fingerprint density at radius 2 is 1.88 bits per heavy atom. The van der Waals surface area contributed by atoms with Gasteiger partial charge in [0.05, 0.1) is 12.6 Å². The molecule has 1 heterocycles. The quantitative estimate of drug-likeness (QED) is 0.190. The minimum atomic E-state index is -1.23. The first-order chi connectivity index (χ1) is 15.8. The number of H-pyrrole nitrogens is 1. The second kappa shape index (κ2) is 13.1. The molecular weight excluding hydrogens is 466 g/mol. The Morgan fingerprint density at radius 1 is 1.15 bits per heavy atom. The van der Waals surface area contributed by atoms with Gasteiger partial charge < -0.3 is 31.8 Å². The van der Waals surface area contributed by atoms with Gasteiger partial charge in [-0.3, -0.25) is 14.4 Å². The maximum absolute atomic E-state index is 12.8. The Morgan fingerprint density at radius 3 is 2.55 bits per heavy atom. The SMILES string of the molecule is CSCCC(N)C(=O)NCC(=O)NC(Cc1c[nH]c2ccccc12)C(=O)NC(CS)C(=O)O. The molecular formula is C21H29N5O5S2.